The van der Waals surface area contributed by atoms with Crippen LogP contribution in [0.25, 0.3) is 0 Å². The summed E-state index contributed by atoms with van der Waals surface area (Å²) in [4.78, 5) is 11.7. The summed E-state index contributed by atoms with van der Waals surface area (Å²) < 4.78 is 23.3. The Morgan fingerprint density at radius 3 is 2.45 bits per heavy atom. The number of nitrogens with two attached hydrogens (primary N) is 1. The Bertz CT molecular complexity index is 587. The molecule has 2 aromatic carbocycles. The van der Waals surface area contributed by atoms with E-state index in [1.54, 1.807) is 0 Å². The van der Waals surface area contributed by atoms with Crippen molar-refractivity contribution < 1.29 is 18.7 Å². The predicted molar refractivity (Wildman–Crippen MR) is 80.7 cm³/mol. The highest BCUT2D eigenvalue weighted by Gasteiger charge is 2.12. The minimum atomic E-state index is -0.478. The van der Waals surface area contributed by atoms with Gasteiger partial charge in [-0.15, -0.1) is 0 Å². The van der Waals surface area contributed by atoms with Crippen molar-refractivity contribution >= 4 is 5.97 Å². The zero-order valence-electron chi connectivity index (χ0n) is 12.1. The van der Waals surface area contributed by atoms with Crippen LogP contribution in [-0.4, -0.2) is 18.6 Å². The number of halogens is 1. The molecule has 0 aliphatic carbocycles. The molecule has 0 radical (unpaired) electrons. The number of ether oxygens (including phenoxy) is 2. The van der Waals surface area contributed by atoms with Gasteiger partial charge in [-0.1, -0.05) is 30.3 Å². The van der Waals surface area contributed by atoms with Crippen molar-refractivity contribution in [3.8, 4) is 5.75 Å². The molecule has 116 valence electrons. The van der Waals surface area contributed by atoms with Gasteiger partial charge < -0.3 is 15.2 Å². The summed E-state index contributed by atoms with van der Waals surface area (Å²) in [5, 5.41) is 0. The van der Waals surface area contributed by atoms with Gasteiger partial charge in [0.25, 0.3) is 0 Å². The molecule has 0 saturated carbocycles. The van der Waals surface area contributed by atoms with Crippen molar-refractivity contribution in [1.82, 2.24) is 0 Å². The van der Waals surface area contributed by atoms with Gasteiger partial charge in [0.05, 0.1) is 6.42 Å². The fourth-order valence-electron chi connectivity index (χ4n) is 1.80. The summed E-state index contributed by atoms with van der Waals surface area (Å²) in [5.41, 5.74) is 6.74. The van der Waals surface area contributed by atoms with Crippen LogP contribution < -0.4 is 10.5 Å². The first kappa shape index (κ1) is 16.0. The van der Waals surface area contributed by atoms with E-state index in [4.69, 9.17) is 15.2 Å². The van der Waals surface area contributed by atoms with Gasteiger partial charge >= 0.3 is 5.97 Å². The molecular weight excluding hydrogens is 285 g/mol. The molecule has 22 heavy (non-hydrogen) atoms. The molecule has 0 aliphatic rings. The molecule has 0 spiro atoms. The van der Waals surface area contributed by atoms with Crippen molar-refractivity contribution in [3.05, 3.63) is 66.0 Å². The summed E-state index contributed by atoms with van der Waals surface area (Å²) in [5.74, 6) is -0.199. The Labute approximate surface area is 128 Å². The second-order valence-corrected chi connectivity index (χ2v) is 4.88. The van der Waals surface area contributed by atoms with E-state index in [0.29, 0.717) is 5.75 Å². The number of hydrogen-bond acceptors (Lipinski definition) is 4. The number of rotatable bonds is 7. The monoisotopic (exact) mass is 303 g/mol. The zero-order chi connectivity index (χ0) is 15.8. The highest BCUT2D eigenvalue weighted by Crippen LogP contribution is 2.11. The van der Waals surface area contributed by atoms with Gasteiger partial charge in [-0.2, -0.15) is 0 Å². The van der Waals surface area contributed by atoms with Gasteiger partial charge in [0.2, 0.25) is 0 Å². The van der Waals surface area contributed by atoms with Gasteiger partial charge in [0.1, 0.15) is 24.8 Å². The molecule has 0 saturated heterocycles. The average Bonchev–Trinajstić information content (AvgIpc) is 2.53. The number of benzene rings is 2. The van der Waals surface area contributed by atoms with Crippen LogP contribution in [0.5, 0.6) is 5.75 Å². The summed E-state index contributed by atoms with van der Waals surface area (Å²) in [7, 11) is 0. The van der Waals surface area contributed by atoms with Crippen LogP contribution in [0.4, 0.5) is 4.39 Å². The maximum absolute atomic E-state index is 12.7. The summed E-state index contributed by atoms with van der Waals surface area (Å²) in [6.07, 6.45) is 0.0635. The highest BCUT2D eigenvalue weighted by atomic mass is 19.1. The summed E-state index contributed by atoms with van der Waals surface area (Å²) >= 11 is 0. The first-order valence-electron chi connectivity index (χ1n) is 6.97. The van der Waals surface area contributed by atoms with Crippen LogP contribution in [0, 0.1) is 5.82 Å². The van der Waals surface area contributed by atoms with Crippen LogP contribution in [0.3, 0.4) is 0 Å². The van der Waals surface area contributed by atoms with E-state index in [1.165, 1.54) is 24.3 Å². The Balaban J connectivity index is 1.68. The summed E-state index contributed by atoms with van der Waals surface area (Å²) in [6, 6.07) is 14.6. The SMILES string of the molecule is NC(COc1ccc(F)cc1)CC(=O)OCc1ccccc1. The third-order valence-corrected chi connectivity index (χ3v) is 2.95. The standard InChI is InChI=1S/C17H18FNO3/c18-14-6-8-16(9-7-14)21-12-15(19)10-17(20)22-11-13-4-2-1-3-5-13/h1-9,15H,10-12,19H2. The van der Waals surface area contributed by atoms with Crippen molar-refractivity contribution in [1.29, 1.82) is 0 Å². The van der Waals surface area contributed by atoms with E-state index in [0.717, 1.165) is 5.56 Å². The predicted octanol–water partition coefficient (Wildman–Crippen LogP) is 2.67. The van der Waals surface area contributed by atoms with E-state index in [2.05, 4.69) is 0 Å². The Morgan fingerprint density at radius 2 is 1.77 bits per heavy atom. The number of carbonyl (C=O) groups excluding carboxylic acids is 1. The molecule has 4 nitrogen and oxygen atoms in total. The number of esters is 1. The van der Waals surface area contributed by atoms with Crippen molar-refractivity contribution in [2.24, 2.45) is 5.73 Å². The van der Waals surface area contributed by atoms with Gasteiger partial charge in [-0.3, -0.25) is 4.79 Å². The second kappa shape index (κ2) is 8.14. The lowest BCUT2D eigenvalue weighted by molar-refractivity contribution is -0.145. The normalized spacial score (nSPS) is 11.7. The van der Waals surface area contributed by atoms with Crippen LogP contribution >= 0.6 is 0 Å². The van der Waals surface area contributed by atoms with Gasteiger partial charge in [0.15, 0.2) is 0 Å². The van der Waals surface area contributed by atoms with Crippen LogP contribution in [-0.2, 0) is 16.1 Å². The first-order valence-corrected chi connectivity index (χ1v) is 6.97. The molecule has 5 heteroatoms. The molecule has 0 bridgehead atoms. The van der Waals surface area contributed by atoms with Crippen LogP contribution in [0.1, 0.15) is 12.0 Å². The van der Waals surface area contributed by atoms with Gasteiger partial charge in [-0.25, -0.2) is 4.39 Å². The van der Waals surface area contributed by atoms with Crippen molar-refractivity contribution in [3.63, 3.8) is 0 Å². The maximum Gasteiger partial charge on any atom is 0.307 e. The third-order valence-electron chi connectivity index (χ3n) is 2.95. The molecule has 2 N–H and O–H groups in total. The fourth-order valence-corrected chi connectivity index (χ4v) is 1.80. The van der Waals surface area contributed by atoms with E-state index >= 15 is 0 Å². The smallest absolute Gasteiger partial charge is 0.307 e. The Morgan fingerprint density at radius 1 is 1.09 bits per heavy atom. The second-order valence-electron chi connectivity index (χ2n) is 4.88. The van der Waals surface area contributed by atoms with E-state index in [9.17, 15) is 9.18 Å². The lowest BCUT2D eigenvalue weighted by Gasteiger charge is -2.13. The van der Waals surface area contributed by atoms with Crippen LogP contribution in [0.15, 0.2) is 54.6 Å². The zero-order valence-corrected chi connectivity index (χ0v) is 12.1. The molecule has 2 aromatic rings. The van der Waals surface area contributed by atoms with E-state index < -0.39 is 6.04 Å². The Kier molecular flexibility index (Phi) is 5.91. The quantitative estimate of drug-likeness (QED) is 0.799. The molecule has 0 aliphatic heterocycles. The molecule has 0 amide bonds. The molecule has 2 rings (SSSR count). The maximum atomic E-state index is 12.7. The third kappa shape index (κ3) is 5.54. The van der Waals surface area contributed by atoms with Gasteiger partial charge in [-0.05, 0) is 29.8 Å². The van der Waals surface area contributed by atoms with Crippen LogP contribution in [0.2, 0.25) is 0 Å². The fraction of sp³-hybridized carbons (Fsp3) is 0.235. The lowest BCUT2D eigenvalue weighted by Crippen LogP contribution is -2.31. The molecule has 0 fully saturated rings. The molecule has 0 heterocycles. The van der Waals surface area contributed by atoms with Crippen molar-refractivity contribution in [2.75, 3.05) is 6.61 Å². The van der Waals surface area contributed by atoms with Crippen molar-refractivity contribution in [2.45, 2.75) is 19.1 Å². The highest BCUT2D eigenvalue weighted by molar-refractivity contribution is 5.70. The minimum absolute atomic E-state index is 0.0635. The summed E-state index contributed by atoms with van der Waals surface area (Å²) in [6.45, 7) is 0.386. The van der Waals surface area contributed by atoms with E-state index in [1.807, 2.05) is 30.3 Å². The Hall–Kier alpha value is -2.40. The van der Waals surface area contributed by atoms with E-state index in [-0.39, 0.29) is 31.4 Å². The minimum Gasteiger partial charge on any atom is -0.492 e. The van der Waals surface area contributed by atoms with Gasteiger partial charge in [0, 0.05) is 6.04 Å². The molecule has 0 aromatic heterocycles. The topological polar surface area (TPSA) is 61.5 Å². The molecule has 1 atom stereocenters. The molecular formula is C17H18FNO3. The largest absolute Gasteiger partial charge is 0.492 e. The lowest BCUT2D eigenvalue weighted by atomic mass is 10.2. The number of carbonyl (C=O) groups is 1. The first-order chi connectivity index (χ1) is 10.6. The number of hydrogen-bond donors (Lipinski definition) is 1. The molecule has 1 unspecified atom stereocenters. The average molecular weight is 303 g/mol.